The molecule has 0 unspecified atom stereocenters. The Morgan fingerprint density at radius 2 is 1.97 bits per heavy atom. The molecule has 0 aliphatic heterocycles. The first kappa shape index (κ1) is 26.7. The zero-order chi connectivity index (χ0) is 25.8. The molecule has 0 saturated heterocycles. The van der Waals surface area contributed by atoms with Gasteiger partial charge < -0.3 is 20.4 Å². The minimum Gasteiger partial charge on any atom is -0.444 e. The number of amides is 2. The number of ether oxygens (including phenoxy) is 1. The van der Waals surface area contributed by atoms with Crippen LogP contribution in [0.2, 0.25) is 0 Å². The molecule has 3 rings (SSSR count). The summed E-state index contributed by atoms with van der Waals surface area (Å²) in [5.41, 5.74) is 1.98. The van der Waals surface area contributed by atoms with Gasteiger partial charge in [0.25, 0.3) is 5.91 Å². The van der Waals surface area contributed by atoms with Gasteiger partial charge >= 0.3 is 6.09 Å². The Morgan fingerprint density at radius 1 is 1.23 bits per heavy atom. The van der Waals surface area contributed by atoms with Crippen molar-refractivity contribution in [3.63, 3.8) is 0 Å². The van der Waals surface area contributed by atoms with Crippen molar-refractivity contribution in [1.29, 1.82) is 0 Å². The average molecular weight is 596 g/mol. The molecule has 9 nitrogen and oxygen atoms in total. The molecule has 11 heteroatoms. The number of aryl methyl sites for hydroxylation is 1. The lowest BCUT2D eigenvalue weighted by Crippen LogP contribution is -2.40. The average Bonchev–Trinajstić information content (AvgIpc) is 3.14. The maximum atomic E-state index is 14.7. The number of carbonyl (C=O) groups is 2. The van der Waals surface area contributed by atoms with E-state index in [1.807, 2.05) is 25.3 Å². The van der Waals surface area contributed by atoms with Crippen LogP contribution < -0.4 is 21.5 Å². The Bertz CT molecular complexity index is 1220. The molecule has 0 atom stereocenters. The van der Waals surface area contributed by atoms with Crippen molar-refractivity contribution in [1.82, 2.24) is 20.0 Å². The fourth-order valence-electron chi connectivity index (χ4n) is 3.39. The van der Waals surface area contributed by atoms with Gasteiger partial charge in [0, 0.05) is 28.4 Å². The normalized spacial score (nSPS) is 11.4. The summed E-state index contributed by atoms with van der Waals surface area (Å²) in [6.45, 7) is 7.74. The maximum Gasteiger partial charge on any atom is 0.407 e. The van der Waals surface area contributed by atoms with Crippen LogP contribution in [0.4, 0.5) is 14.9 Å². The number of hydrazine groups is 1. The van der Waals surface area contributed by atoms with Gasteiger partial charge in [0.05, 0.1) is 17.9 Å². The van der Waals surface area contributed by atoms with Crippen molar-refractivity contribution in [2.75, 3.05) is 18.1 Å². The number of pyridine rings is 1. The van der Waals surface area contributed by atoms with Crippen LogP contribution in [0.25, 0.3) is 5.65 Å². The SMILES string of the molecule is CCc1nc2ccc(I)cn2c1C(=O)NCc1ccc(N(N)CCNC(=O)OC(C)(C)C)cc1F. The van der Waals surface area contributed by atoms with Gasteiger partial charge in [-0.2, -0.15) is 0 Å². The molecular formula is C24H30FIN6O3. The van der Waals surface area contributed by atoms with Gasteiger partial charge in [-0.25, -0.2) is 20.0 Å². The Kier molecular flexibility index (Phi) is 8.54. The van der Waals surface area contributed by atoms with E-state index in [0.29, 0.717) is 34.7 Å². The molecule has 35 heavy (non-hydrogen) atoms. The topological polar surface area (TPSA) is 114 Å². The number of nitrogens with two attached hydrogens (primary N) is 1. The molecule has 2 amide bonds. The molecule has 4 N–H and O–H groups in total. The summed E-state index contributed by atoms with van der Waals surface area (Å²) in [6.07, 6.45) is 1.90. The van der Waals surface area contributed by atoms with Gasteiger partial charge in [-0.15, -0.1) is 0 Å². The summed E-state index contributed by atoms with van der Waals surface area (Å²) in [4.78, 5) is 29.2. The fraction of sp³-hybridized carbons (Fsp3) is 0.375. The molecule has 2 heterocycles. The number of halogens is 2. The van der Waals surface area contributed by atoms with E-state index >= 15 is 0 Å². The molecule has 0 aliphatic carbocycles. The zero-order valence-corrected chi connectivity index (χ0v) is 22.3. The molecule has 1 aromatic carbocycles. The van der Waals surface area contributed by atoms with E-state index in [-0.39, 0.29) is 25.5 Å². The highest BCUT2D eigenvalue weighted by atomic mass is 127. The molecule has 188 valence electrons. The number of nitrogens with one attached hydrogen (secondary N) is 2. The second kappa shape index (κ2) is 11.2. The van der Waals surface area contributed by atoms with Crippen LogP contribution in [-0.4, -0.2) is 40.1 Å². The smallest absolute Gasteiger partial charge is 0.407 e. The summed E-state index contributed by atoms with van der Waals surface area (Å²) in [6, 6.07) is 8.31. The number of alkyl carbamates (subject to hydrolysis) is 1. The lowest BCUT2D eigenvalue weighted by Gasteiger charge is -2.22. The number of aromatic nitrogens is 2. The predicted molar refractivity (Wildman–Crippen MR) is 141 cm³/mol. The third-order valence-electron chi connectivity index (χ3n) is 5.03. The van der Waals surface area contributed by atoms with Crippen molar-refractivity contribution in [2.45, 2.75) is 46.3 Å². The predicted octanol–water partition coefficient (Wildman–Crippen LogP) is 3.78. The number of imidazole rings is 1. The van der Waals surface area contributed by atoms with Gasteiger partial charge in [-0.3, -0.25) is 9.20 Å². The molecule has 0 aliphatic rings. The Morgan fingerprint density at radius 3 is 2.63 bits per heavy atom. The van der Waals surface area contributed by atoms with E-state index < -0.39 is 17.5 Å². The Hall–Kier alpha value is -2.93. The highest BCUT2D eigenvalue weighted by Crippen LogP contribution is 2.19. The lowest BCUT2D eigenvalue weighted by molar-refractivity contribution is 0.0529. The van der Waals surface area contributed by atoms with E-state index in [1.54, 1.807) is 37.3 Å². The number of fused-ring (bicyclic) bond motifs is 1. The summed E-state index contributed by atoms with van der Waals surface area (Å²) in [5.74, 6) is 5.18. The number of benzene rings is 1. The highest BCUT2D eigenvalue weighted by Gasteiger charge is 2.19. The van der Waals surface area contributed by atoms with E-state index in [9.17, 15) is 14.0 Å². The maximum absolute atomic E-state index is 14.7. The van der Waals surface area contributed by atoms with E-state index in [1.165, 1.54) is 11.1 Å². The van der Waals surface area contributed by atoms with Crippen LogP contribution in [0.5, 0.6) is 0 Å². The quantitative estimate of drug-likeness (QED) is 0.207. The summed E-state index contributed by atoms with van der Waals surface area (Å²) >= 11 is 2.18. The largest absolute Gasteiger partial charge is 0.444 e. The third kappa shape index (κ3) is 7.04. The van der Waals surface area contributed by atoms with Crippen LogP contribution in [0.15, 0.2) is 36.5 Å². The van der Waals surface area contributed by atoms with Crippen LogP contribution in [0, 0.1) is 9.39 Å². The third-order valence-corrected chi connectivity index (χ3v) is 5.67. The standard InChI is InChI=1S/C24H30FIN6O3/c1-5-19-21(31-14-16(26)7-9-20(31)30-19)22(33)29-13-15-6-8-17(12-18(15)25)32(27)11-10-28-23(34)35-24(2,3)4/h6-9,12,14H,5,10-11,13,27H2,1-4H3,(H,28,34)(H,29,33). The van der Waals surface area contributed by atoms with E-state index in [0.717, 1.165) is 3.57 Å². The number of carbonyl (C=O) groups excluding carboxylic acids is 2. The molecule has 0 saturated carbocycles. The molecule has 3 aromatic rings. The molecular weight excluding hydrogens is 566 g/mol. The minimum atomic E-state index is -0.595. The summed E-state index contributed by atoms with van der Waals surface area (Å²) in [5, 5.41) is 6.73. The Balaban J connectivity index is 1.61. The first-order chi connectivity index (χ1) is 16.5. The summed E-state index contributed by atoms with van der Waals surface area (Å²) in [7, 11) is 0. The molecule has 2 aromatic heterocycles. The Labute approximate surface area is 217 Å². The van der Waals surface area contributed by atoms with Gasteiger partial charge in [0.2, 0.25) is 0 Å². The number of rotatable bonds is 8. The number of nitrogens with zero attached hydrogens (tertiary/aromatic N) is 3. The van der Waals surface area contributed by atoms with Crippen molar-refractivity contribution >= 4 is 45.9 Å². The first-order valence-corrected chi connectivity index (χ1v) is 12.3. The zero-order valence-electron chi connectivity index (χ0n) is 20.2. The lowest BCUT2D eigenvalue weighted by atomic mass is 10.1. The van der Waals surface area contributed by atoms with Crippen LogP contribution in [0.1, 0.15) is 49.4 Å². The highest BCUT2D eigenvalue weighted by molar-refractivity contribution is 14.1. The van der Waals surface area contributed by atoms with E-state index in [4.69, 9.17) is 10.6 Å². The number of anilines is 1. The summed E-state index contributed by atoms with van der Waals surface area (Å²) < 4.78 is 22.6. The van der Waals surface area contributed by atoms with Crippen molar-refractivity contribution in [3.05, 3.63) is 62.9 Å². The van der Waals surface area contributed by atoms with Crippen molar-refractivity contribution in [2.24, 2.45) is 5.84 Å². The second-order valence-corrected chi connectivity index (χ2v) is 10.2. The molecule has 0 spiro atoms. The van der Waals surface area contributed by atoms with Gasteiger partial charge in [-0.05, 0) is 74.0 Å². The fourth-order valence-corrected chi connectivity index (χ4v) is 3.85. The minimum absolute atomic E-state index is 0.00995. The van der Waals surface area contributed by atoms with Crippen LogP contribution in [-0.2, 0) is 17.7 Å². The second-order valence-electron chi connectivity index (χ2n) is 8.92. The van der Waals surface area contributed by atoms with Gasteiger partial charge in [-0.1, -0.05) is 13.0 Å². The van der Waals surface area contributed by atoms with Gasteiger partial charge in [0.1, 0.15) is 22.8 Å². The molecule has 0 radical (unpaired) electrons. The number of hydrogen-bond donors (Lipinski definition) is 3. The van der Waals surface area contributed by atoms with E-state index in [2.05, 4.69) is 38.2 Å². The molecule has 0 fully saturated rings. The van der Waals surface area contributed by atoms with Gasteiger partial charge in [0.15, 0.2) is 0 Å². The molecule has 0 bridgehead atoms. The van der Waals surface area contributed by atoms with Crippen molar-refractivity contribution in [3.8, 4) is 0 Å². The van der Waals surface area contributed by atoms with Crippen LogP contribution >= 0.6 is 22.6 Å². The monoisotopic (exact) mass is 596 g/mol. The van der Waals surface area contributed by atoms with Crippen molar-refractivity contribution < 1.29 is 18.7 Å². The van der Waals surface area contributed by atoms with Crippen LogP contribution in [0.3, 0.4) is 0 Å². The number of hydrogen-bond acceptors (Lipinski definition) is 6. The first-order valence-electron chi connectivity index (χ1n) is 11.2.